The summed E-state index contributed by atoms with van der Waals surface area (Å²) in [7, 11) is 1.23. The average Bonchev–Trinajstić information content (AvgIpc) is 2.75. The minimum absolute atomic E-state index is 0.365. The zero-order valence-corrected chi connectivity index (χ0v) is 13.8. The van der Waals surface area contributed by atoms with Gasteiger partial charge in [0, 0.05) is 41.4 Å². The van der Waals surface area contributed by atoms with E-state index in [-0.39, 0.29) is 0 Å². The molecule has 0 aromatic carbocycles. The molecule has 1 aliphatic carbocycles. The van der Waals surface area contributed by atoms with E-state index in [0.29, 0.717) is 11.3 Å². The molecule has 0 amide bonds. The molecule has 1 fully saturated rings. The lowest BCUT2D eigenvalue weighted by Gasteiger charge is -2.29. The number of rotatable bonds is 5. The Labute approximate surface area is 125 Å². The summed E-state index contributed by atoms with van der Waals surface area (Å²) < 4.78 is 14.5. The van der Waals surface area contributed by atoms with Crippen molar-refractivity contribution in [3.8, 4) is 0 Å². The molecule has 7 heteroatoms. The van der Waals surface area contributed by atoms with Crippen molar-refractivity contribution in [1.82, 2.24) is 20.3 Å². The second kappa shape index (κ2) is 6.95. The van der Waals surface area contributed by atoms with E-state index in [9.17, 15) is 4.21 Å². The SMILES string of the molecule is CCS(=O)C1CCCC(NCc2c(Br)nnn2C)C1. The Bertz CT molecular complexity index is 431. The van der Waals surface area contributed by atoms with Crippen LogP contribution in [0.4, 0.5) is 0 Å². The van der Waals surface area contributed by atoms with Gasteiger partial charge in [0.1, 0.15) is 0 Å². The normalized spacial score (nSPS) is 25.4. The number of nitrogens with one attached hydrogen (secondary N) is 1. The molecule has 1 aromatic rings. The molecule has 1 aliphatic rings. The first-order valence-corrected chi connectivity index (χ1v) is 8.94. The summed E-state index contributed by atoms with van der Waals surface area (Å²) in [6.45, 7) is 2.76. The van der Waals surface area contributed by atoms with Crippen molar-refractivity contribution >= 4 is 26.7 Å². The number of nitrogens with zero attached hydrogens (tertiary/aromatic N) is 3. The molecular formula is C12H21BrN4OS. The first-order valence-electron chi connectivity index (χ1n) is 6.76. The summed E-state index contributed by atoms with van der Waals surface area (Å²) in [5, 5.41) is 11.9. The van der Waals surface area contributed by atoms with E-state index in [1.807, 2.05) is 14.0 Å². The molecule has 0 saturated heterocycles. The molecule has 0 spiro atoms. The van der Waals surface area contributed by atoms with Gasteiger partial charge in [-0.1, -0.05) is 18.6 Å². The Morgan fingerprint density at radius 2 is 2.32 bits per heavy atom. The van der Waals surface area contributed by atoms with Crippen LogP contribution in [0.2, 0.25) is 0 Å². The van der Waals surface area contributed by atoms with E-state index in [0.717, 1.165) is 35.4 Å². The van der Waals surface area contributed by atoms with Crippen LogP contribution in [0.15, 0.2) is 4.60 Å². The van der Waals surface area contributed by atoms with Gasteiger partial charge in [0.25, 0.3) is 0 Å². The molecule has 0 bridgehead atoms. The molecule has 19 heavy (non-hydrogen) atoms. The van der Waals surface area contributed by atoms with Gasteiger partial charge in [-0.3, -0.25) is 4.21 Å². The topological polar surface area (TPSA) is 59.8 Å². The van der Waals surface area contributed by atoms with Crippen molar-refractivity contribution in [2.45, 2.75) is 50.4 Å². The molecule has 2 rings (SSSR count). The summed E-state index contributed by atoms with van der Waals surface area (Å²) in [6, 6.07) is 0.455. The average molecular weight is 349 g/mol. The number of aromatic nitrogens is 3. The Morgan fingerprint density at radius 3 is 2.95 bits per heavy atom. The van der Waals surface area contributed by atoms with E-state index in [1.165, 1.54) is 12.8 Å². The van der Waals surface area contributed by atoms with E-state index in [4.69, 9.17) is 0 Å². The first kappa shape index (κ1) is 15.1. The zero-order chi connectivity index (χ0) is 13.8. The van der Waals surface area contributed by atoms with Crippen molar-refractivity contribution in [3.63, 3.8) is 0 Å². The lowest BCUT2D eigenvalue weighted by Crippen LogP contribution is -2.37. The molecule has 1 saturated carbocycles. The molecule has 3 atom stereocenters. The smallest absolute Gasteiger partial charge is 0.152 e. The summed E-state index contributed by atoms with van der Waals surface area (Å²) in [6.07, 6.45) is 4.46. The number of hydrogen-bond acceptors (Lipinski definition) is 4. The number of aryl methyl sites for hydroxylation is 1. The largest absolute Gasteiger partial charge is 0.308 e. The van der Waals surface area contributed by atoms with Crippen LogP contribution in [0, 0.1) is 0 Å². The van der Waals surface area contributed by atoms with Gasteiger partial charge in [0.05, 0.1) is 5.69 Å². The molecular weight excluding hydrogens is 328 g/mol. The van der Waals surface area contributed by atoms with Gasteiger partial charge in [0.2, 0.25) is 0 Å². The fourth-order valence-electron chi connectivity index (χ4n) is 2.58. The van der Waals surface area contributed by atoms with Crippen molar-refractivity contribution in [1.29, 1.82) is 0 Å². The third-order valence-electron chi connectivity index (χ3n) is 3.74. The van der Waals surface area contributed by atoms with E-state index in [1.54, 1.807) is 4.68 Å². The van der Waals surface area contributed by atoms with Gasteiger partial charge in [-0.25, -0.2) is 4.68 Å². The highest BCUT2D eigenvalue weighted by atomic mass is 79.9. The standard InChI is InChI=1S/C12H21BrN4OS/c1-3-19(18)10-6-4-5-9(7-10)14-8-11-12(13)15-16-17(11)2/h9-10,14H,3-8H2,1-2H3. The van der Waals surface area contributed by atoms with Crippen LogP contribution in [0.25, 0.3) is 0 Å². The fourth-order valence-corrected chi connectivity index (χ4v) is 4.40. The minimum Gasteiger partial charge on any atom is -0.308 e. The maximum absolute atomic E-state index is 11.9. The molecule has 0 aliphatic heterocycles. The van der Waals surface area contributed by atoms with Crippen LogP contribution in [0.5, 0.6) is 0 Å². The van der Waals surface area contributed by atoms with Gasteiger partial charge in [0.15, 0.2) is 4.60 Å². The zero-order valence-electron chi connectivity index (χ0n) is 11.4. The van der Waals surface area contributed by atoms with Gasteiger partial charge in [-0.05, 0) is 35.2 Å². The van der Waals surface area contributed by atoms with Crippen LogP contribution in [0.3, 0.4) is 0 Å². The first-order chi connectivity index (χ1) is 9.11. The predicted octanol–water partition coefficient (Wildman–Crippen LogP) is 1.75. The number of hydrogen-bond donors (Lipinski definition) is 1. The highest BCUT2D eigenvalue weighted by Crippen LogP contribution is 2.23. The van der Waals surface area contributed by atoms with E-state index in [2.05, 4.69) is 31.6 Å². The van der Waals surface area contributed by atoms with Gasteiger partial charge in [-0.2, -0.15) is 0 Å². The van der Waals surface area contributed by atoms with Crippen molar-refractivity contribution in [2.75, 3.05) is 5.75 Å². The molecule has 108 valence electrons. The van der Waals surface area contributed by atoms with E-state index < -0.39 is 10.8 Å². The lowest BCUT2D eigenvalue weighted by molar-refractivity contribution is 0.372. The van der Waals surface area contributed by atoms with Crippen LogP contribution in [-0.2, 0) is 24.4 Å². The lowest BCUT2D eigenvalue weighted by atomic mass is 9.95. The second-order valence-corrected chi connectivity index (χ2v) is 7.74. The number of halogens is 1. The van der Waals surface area contributed by atoms with E-state index >= 15 is 0 Å². The Hall–Kier alpha value is -0.270. The molecule has 5 nitrogen and oxygen atoms in total. The highest BCUT2D eigenvalue weighted by molar-refractivity contribution is 9.10. The summed E-state index contributed by atoms with van der Waals surface area (Å²) in [5.74, 6) is 0.772. The van der Waals surface area contributed by atoms with Crippen LogP contribution in [-0.4, -0.2) is 36.2 Å². The van der Waals surface area contributed by atoms with Crippen LogP contribution < -0.4 is 5.32 Å². The minimum atomic E-state index is -0.662. The summed E-state index contributed by atoms with van der Waals surface area (Å²) >= 11 is 3.41. The Kier molecular flexibility index (Phi) is 5.53. The van der Waals surface area contributed by atoms with Crippen molar-refractivity contribution < 1.29 is 4.21 Å². The van der Waals surface area contributed by atoms with Gasteiger partial charge in [-0.15, -0.1) is 5.10 Å². The summed E-state index contributed by atoms with van der Waals surface area (Å²) in [5.41, 5.74) is 1.05. The summed E-state index contributed by atoms with van der Waals surface area (Å²) in [4.78, 5) is 0. The molecule has 0 radical (unpaired) electrons. The highest BCUT2D eigenvalue weighted by Gasteiger charge is 2.25. The quantitative estimate of drug-likeness (QED) is 0.880. The van der Waals surface area contributed by atoms with Crippen molar-refractivity contribution in [2.24, 2.45) is 7.05 Å². The monoisotopic (exact) mass is 348 g/mol. The van der Waals surface area contributed by atoms with Crippen molar-refractivity contribution in [3.05, 3.63) is 10.3 Å². The van der Waals surface area contributed by atoms with Crippen LogP contribution in [0.1, 0.15) is 38.3 Å². The third-order valence-corrected chi connectivity index (χ3v) is 6.09. The Balaban J connectivity index is 1.88. The molecule has 1 aromatic heterocycles. The third kappa shape index (κ3) is 3.86. The van der Waals surface area contributed by atoms with Gasteiger partial charge >= 0.3 is 0 Å². The maximum Gasteiger partial charge on any atom is 0.152 e. The predicted molar refractivity (Wildman–Crippen MR) is 80.3 cm³/mol. The Morgan fingerprint density at radius 1 is 1.53 bits per heavy atom. The van der Waals surface area contributed by atoms with Crippen LogP contribution >= 0.6 is 15.9 Å². The molecule has 3 unspecified atom stereocenters. The molecule has 1 N–H and O–H groups in total. The fraction of sp³-hybridized carbons (Fsp3) is 0.833. The maximum atomic E-state index is 11.9. The molecule has 1 heterocycles. The van der Waals surface area contributed by atoms with Gasteiger partial charge < -0.3 is 5.32 Å². The second-order valence-electron chi connectivity index (χ2n) is 4.99.